The molecule has 3 heteroatoms. The molecular weight excluding hydrogens is 214 g/mol. The summed E-state index contributed by atoms with van der Waals surface area (Å²) >= 11 is 11.3. The van der Waals surface area contributed by atoms with Crippen molar-refractivity contribution in [2.45, 2.75) is 13.3 Å². The minimum absolute atomic E-state index is 0.748. The first-order chi connectivity index (χ1) is 6.65. The number of halogens is 1. The van der Waals surface area contributed by atoms with Crippen LogP contribution in [0, 0.1) is 6.92 Å². The van der Waals surface area contributed by atoms with E-state index in [1.54, 1.807) is 0 Å². The fraction of sp³-hybridized carbons (Fsp3) is 0.364. The van der Waals surface area contributed by atoms with Gasteiger partial charge in [0.15, 0.2) is 0 Å². The molecule has 0 aliphatic heterocycles. The number of hydrogen-bond donors (Lipinski definition) is 1. The number of nitrogens with one attached hydrogen (secondary N) is 1. The summed E-state index contributed by atoms with van der Waals surface area (Å²) in [6.45, 7) is 2.96. The van der Waals surface area contributed by atoms with Gasteiger partial charge < -0.3 is 5.32 Å². The Morgan fingerprint density at radius 2 is 2.21 bits per heavy atom. The minimum atomic E-state index is 0.748. The van der Waals surface area contributed by atoms with Crippen molar-refractivity contribution in [3.05, 3.63) is 34.3 Å². The van der Waals surface area contributed by atoms with Crippen molar-refractivity contribution < 1.29 is 0 Å². The zero-order valence-corrected chi connectivity index (χ0v) is 10.0. The van der Waals surface area contributed by atoms with E-state index in [9.17, 15) is 0 Å². The summed E-state index contributed by atoms with van der Waals surface area (Å²) in [5, 5.41) is 3.83. The molecule has 0 bridgehead atoms. The first-order valence-corrected chi connectivity index (χ1v) is 5.37. The number of benzene rings is 1. The lowest BCUT2D eigenvalue weighted by atomic mass is 10.0. The third-order valence-corrected chi connectivity index (χ3v) is 2.76. The predicted octanol–water partition coefficient (Wildman–Crippen LogP) is 2.98. The lowest BCUT2D eigenvalue weighted by molar-refractivity contribution is 0.828. The van der Waals surface area contributed by atoms with Crippen LogP contribution in [0.1, 0.15) is 17.5 Å². The molecule has 0 unspecified atom stereocenters. The van der Waals surface area contributed by atoms with E-state index in [2.05, 4.69) is 12.2 Å². The highest BCUT2D eigenvalue weighted by Gasteiger charge is 2.04. The zero-order chi connectivity index (χ0) is 10.6. The van der Waals surface area contributed by atoms with Gasteiger partial charge in [-0.15, -0.1) is 0 Å². The average molecular weight is 228 g/mol. The Balaban J connectivity index is 2.83. The van der Waals surface area contributed by atoms with Gasteiger partial charge in [-0.3, -0.25) is 0 Å². The summed E-state index contributed by atoms with van der Waals surface area (Å²) in [4.78, 5) is 0.972. The van der Waals surface area contributed by atoms with E-state index < -0.39 is 0 Å². The third-order valence-electron chi connectivity index (χ3n) is 2.10. The molecule has 0 aliphatic rings. The highest BCUT2D eigenvalue weighted by molar-refractivity contribution is 7.80. The van der Waals surface area contributed by atoms with Gasteiger partial charge in [0.05, 0.1) is 0 Å². The van der Waals surface area contributed by atoms with Crippen molar-refractivity contribution >= 4 is 28.7 Å². The lowest BCUT2D eigenvalue weighted by Gasteiger charge is -2.07. The summed E-state index contributed by atoms with van der Waals surface area (Å²) in [7, 11) is 1.92. The van der Waals surface area contributed by atoms with Crippen LogP contribution >= 0.6 is 23.8 Å². The van der Waals surface area contributed by atoms with E-state index in [1.165, 1.54) is 5.56 Å². The molecule has 14 heavy (non-hydrogen) atoms. The first kappa shape index (κ1) is 11.6. The molecule has 0 saturated heterocycles. The van der Waals surface area contributed by atoms with Crippen molar-refractivity contribution in [1.29, 1.82) is 0 Å². The van der Waals surface area contributed by atoms with Gasteiger partial charge in [-0.2, -0.15) is 0 Å². The van der Waals surface area contributed by atoms with Gasteiger partial charge in [0.2, 0.25) is 0 Å². The number of aryl methyl sites for hydroxylation is 1. The maximum Gasteiger partial charge on any atom is 0.0412 e. The minimum Gasteiger partial charge on any atom is -0.319 e. The van der Waals surface area contributed by atoms with E-state index >= 15 is 0 Å². The Bertz CT molecular complexity index is 336. The van der Waals surface area contributed by atoms with Crippen LogP contribution in [-0.4, -0.2) is 18.5 Å². The number of hydrogen-bond acceptors (Lipinski definition) is 2. The summed E-state index contributed by atoms with van der Waals surface area (Å²) < 4.78 is 0. The third kappa shape index (κ3) is 3.05. The maximum atomic E-state index is 5.92. The Labute approximate surface area is 95.5 Å². The van der Waals surface area contributed by atoms with Crippen molar-refractivity contribution in [2.75, 3.05) is 13.6 Å². The fourth-order valence-corrected chi connectivity index (χ4v) is 1.76. The van der Waals surface area contributed by atoms with Crippen LogP contribution in [0.25, 0.3) is 0 Å². The Hall–Kier alpha value is -0.440. The maximum absolute atomic E-state index is 5.92. The van der Waals surface area contributed by atoms with Crippen molar-refractivity contribution in [3.63, 3.8) is 0 Å². The fourth-order valence-electron chi connectivity index (χ4n) is 1.27. The molecule has 0 amide bonds. The van der Waals surface area contributed by atoms with Crippen LogP contribution in [0.3, 0.4) is 0 Å². The number of thiocarbonyl (C=S) groups is 1. The second-order valence-electron chi connectivity index (χ2n) is 3.24. The van der Waals surface area contributed by atoms with Gasteiger partial charge >= 0.3 is 0 Å². The monoisotopic (exact) mass is 227 g/mol. The molecule has 1 aromatic carbocycles. The highest BCUT2D eigenvalue weighted by Crippen LogP contribution is 2.17. The van der Waals surface area contributed by atoms with Crippen LogP contribution in [0.15, 0.2) is 18.2 Å². The molecule has 0 radical (unpaired) electrons. The Morgan fingerprint density at radius 1 is 1.50 bits per heavy atom. The molecule has 0 saturated carbocycles. The number of rotatable bonds is 4. The van der Waals surface area contributed by atoms with E-state index in [-0.39, 0.29) is 0 Å². The van der Waals surface area contributed by atoms with Gasteiger partial charge in [0, 0.05) is 9.89 Å². The van der Waals surface area contributed by atoms with Gasteiger partial charge in [-0.05, 0) is 50.2 Å². The summed E-state index contributed by atoms with van der Waals surface area (Å²) in [5.41, 5.74) is 2.29. The first-order valence-electron chi connectivity index (χ1n) is 4.59. The van der Waals surface area contributed by atoms with Crippen LogP contribution in [0.2, 0.25) is 5.02 Å². The van der Waals surface area contributed by atoms with Crippen LogP contribution in [0.5, 0.6) is 0 Å². The lowest BCUT2D eigenvalue weighted by Crippen LogP contribution is -2.13. The molecular formula is C11H14ClNS. The quantitative estimate of drug-likeness (QED) is 0.627. The Kier molecular flexibility index (Phi) is 4.52. The topological polar surface area (TPSA) is 12.0 Å². The summed E-state index contributed by atoms with van der Waals surface area (Å²) in [6, 6.07) is 5.83. The molecule has 0 aliphatic carbocycles. The SMILES string of the molecule is CNCCC(=S)c1cc(Cl)ccc1C. The van der Waals surface area contributed by atoms with Crippen LogP contribution < -0.4 is 5.32 Å². The second kappa shape index (κ2) is 5.44. The Morgan fingerprint density at radius 3 is 2.86 bits per heavy atom. The van der Waals surface area contributed by atoms with Crippen molar-refractivity contribution in [2.24, 2.45) is 0 Å². The molecule has 0 aromatic heterocycles. The zero-order valence-electron chi connectivity index (χ0n) is 8.43. The van der Waals surface area contributed by atoms with E-state index in [0.29, 0.717) is 0 Å². The summed E-state index contributed by atoms with van der Waals surface area (Å²) in [5.74, 6) is 0. The van der Waals surface area contributed by atoms with E-state index in [4.69, 9.17) is 23.8 Å². The van der Waals surface area contributed by atoms with E-state index in [0.717, 1.165) is 28.4 Å². The molecule has 1 N–H and O–H groups in total. The molecule has 0 fully saturated rings. The largest absolute Gasteiger partial charge is 0.319 e. The van der Waals surface area contributed by atoms with E-state index in [1.807, 2.05) is 25.2 Å². The normalized spacial score (nSPS) is 10.2. The van der Waals surface area contributed by atoms with Gasteiger partial charge in [0.1, 0.15) is 0 Å². The molecule has 1 rings (SSSR count). The molecule has 76 valence electrons. The van der Waals surface area contributed by atoms with Gasteiger partial charge in [0.25, 0.3) is 0 Å². The van der Waals surface area contributed by atoms with Crippen molar-refractivity contribution in [1.82, 2.24) is 5.32 Å². The van der Waals surface area contributed by atoms with Crippen molar-refractivity contribution in [3.8, 4) is 0 Å². The van der Waals surface area contributed by atoms with Gasteiger partial charge in [-0.1, -0.05) is 29.9 Å². The molecule has 0 heterocycles. The predicted molar refractivity (Wildman–Crippen MR) is 66.4 cm³/mol. The smallest absolute Gasteiger partial charge is 0.0412 e. The standard InChI is InChI=1S/C11H14ClNS/c1-8-3-4-9(12)7-10(8)11(14)5-6-13-2/h3-4,7,13H,5-6H2,1-2H3. The molecule has 0 atom stereocenters. The summed E-state index contributed by atoms with van der Waals surface area (Å²) in [6.07, 6.45) is 0.882. The molecule has 1 aromatic rings. The molecule has 1 nitrogen and oxygen atoms in total. The highest BCUT2D eigenvalue weighted by atomic mass is 35.5. The van der Waals surface area contributed by atoms with Crippen LogP contribution in [-0.2, 0) is 0 Å². The molecule has 0 spiro atoms. The second-order valence-corrected chi connectivity index (χ2v) is 4.17. The van der Waals surface area contributed by atoms with Gasteiger partial charge in [-0.25, -0.2) is 0 Å². The average Bonchev–Trinajstić information content (AvgIpc) is 2.18. The van der Waals surface area contributed by atoms with Crippen LogP contribution in [0.4, 0.5) is 0 Å².